The summed E-state index contributed by atoms with van der Waals surface area (Å²) in [5.74, 6) is 2.46. The van der Waals surface area contributed by atoms with Gasteiger partial charge in [0.25, 0.3) is 0 Å². The maximum Gasteiger partial charge on any atom is 0.494 e. The van der Waals surface area contributed by atoms with Gasteiger partial charge >= 0.3 is 7.12 Å². The van der Waals surface area contributed by atoms with E-state index in [4.69, 9.17) is 14.0 Å². The predicted octanol–water partition coefficient (Wildman–Crippen LogP) is 3.41. The highest BCUT2D eigenvalue weighted by atomic mass is 16.7. The van der Waals surface area contributed by atoms with E-state index in [2.05, 4.69) is 34.6 Å². The lowest BCUT2D eigenvalue weighted by atomic mass is 9.79. The van der Waals surface area contributed by atoms with Crippen LogP contribution in [0.3, 0.4) is 0 Å². The van der Waals surface area contributed by atoms with E-state index in [1.807, 2.05) is 24.3 Å². The third kappa shape index (κ3) is 3.18. The minimum Gasteiger partial charge on any atom is -0.493 e. The van der Waals surface area contributed by atoms with Crippen LogP contribution in [0.25, 0.3) is 0 Å². The highest BCUT2D eigenvalue weighted by molar-refractivity contribution is 6.62. The fraction of sp³-hybridized carbons (Fsp3) is 0.667. The Kier molecular flexibility index (Phi) is 4.02. The quantitative estimate of drug-likeness (QED) is 0.780. The zero-order valence-electron chi connectivity index (χ0n) is 14.4. The molecule has 2 fully saturated rings. The molecular weight excluding hydrogens is 275 g/mol. The summed E-state index contributed by atoms with van der Waals surface area (Å²) in [6.07, 6.45) is 2.73. The van der Waals surface area contributed by atoms with Gasteiger partial charge in [-0.25, -0.2) is 0 Å². The first kappa shape index (κ1) is 15.9. The fourth-order valence-corrected chi connectivity index (χ4v) is 2.73. The molecule has 0 amide bonds. The lowest BCUT2D eigenvalue weighted by molar-refractivity contribution is 0.00578. The molecule has 1 atom stereocenters. The van der Waals surface area contributed by atoms with Crippen LogP contribution in [-0.4, -0.2) is 24.9 Å². The first-order valence-electron chi connectivity index (χ1n) is 8.37. The summed E-state index contributed by atoms with van der Waals surface area (Å²) in [5.41, 5.74) is 0.445. The van der Waals surface area contributed by atoms with Crippen LogP contribution in [0.15, 0.2) is 24.3 Å². The van der Waals surface area contributed by atoms with Gasteiger partial charge in [-0.3, -0.25) is 0 Å². The van der Waals surface area contributed by atoms with Gasteiger partial charge in [-0.15, -0.1) is 0 Å². The molecule has 1 unspecified atom stereocenters. The highest BCUT2D eigenvalue weighted by Gasteiger charge is 2.51. The minimum absolute atomic E-state index is 0.299. The monoisotopic (exact) mass is 302 g/mol. The molecule has 1 heterocycles. The van der Waals surface area contributed by atoms with E-state index >= 15 is 0 Å². The Hall–Kier alpha value is -0.995. The van der Waals surface area contributed by atoms with Crippen LogP contribution in [-0.2, 0) is 9.31 Å². The molecule has 3 nitrogen and oxygen atoms in total. The third-order valence-corrected chi connectivity index (χ3v) is 5.35. The number of rotatable bonds is 5. The first-order chi connectivity index (χ1) is 10.3. The summed E-state index contributed by atoms with van der Waals surface area (Å²) < 4.78 is 18.0. The van der Waals surface area contributed by atoms with Crippen molar-refractivity contribution >= 4 is 12.6 Å². The van der Waals surface area contributed by atoms with Crippen LogP contribution in [0.2, 0.25) is 0 Å². The van der Waals surface area contributed by atoms with E-state index in [1.54, 1.807) is 0 Å². The summed E-state index contributed by atoms with van der Waals surface area (Å²) in [7, 11) is -0.301. The number of benzene rings is 1. The smallest absolute Gasteiger partial charge is 0.493 e. The molecule has 1 aromatic carbocycles. The first-order valence-corrected chi connectivity index (χ1v) is 8.37. The summed E-state index contributed by atoms with van der Waals surface area (Å²) in [4.78, 5) is 0. The standard InChI is InChI=1S/C18H27BO3/c1-13(14-6-7-14)12-20-16-10-8-15(9-11-16)19-21-17(2,3)18(4,5)22-19/h8-11,13-14H,6-7,12H2,1-5H3. The molecule has 120 valence electrons. The van der Waals surface area contributed by atoms with Crippen LogP contribution < -0.4 is 10.2 Å². The molecule has 2 aliphatic rings. The van der Waals surface area contributed by atoms with E-state index in [1.165, 1.54) is 12.8 Å². The zero-order chi connectivity index (χ0) is 16.0. The third-order valence-electron chi connectivity index (χ3n) is 5.35. The van der Waals surface area contributed by atoms with Gasteiger partial charge in [0.2, 0.25) is 0 Å². The molecule has 0 N–H and O–H groups in total. The lowest BCUT2D eigenvalue weighted by Crippen LogP contribution is -2.41. The normalized spacial score (nSPS) is 24.3. The molecule has 0 bridgehead atoms. The number of ether oxygens (including phenoxy) is 1. The molecule has 1 aliphatic carbocycles. The second kappa shape index (κ2) is 5.57. The van der Waals surface area contributed by atoms with E-state index < -0.39 is 0 Å². The van der Waals surface area contributed by atoms with E-state index in [0.717, 1.165) is 23.7 Å². The Bertz CT molecular complexity index is 504. The van der Waals surface area contributed by atoms with Gasteiger partial charge in [0.05, 0.1) is 17.8 Å². The van der Waals surface area contributed by atoms with Crippen LogP contribution in [0.5, 0.6) is 5.75 Å². The average molecular weight is 302 g/mol. The summed E-state index contributed by atoms with van der Waals surface area (Å²) >= 11 is 0. The van der Waals surface area contributed by atoms with Crippen molar-refractivity contribution in [3.05, 3.63) is 24.3 Å². The van der Waals surface area contributed by atoms with Gasteiger partial charge in [-0.05, 0) is 70.0 Å². The van der Waals surface area contributed by atoms with Crippen LogP contribution in [0.1, 0.15) is 47.5 Å². The van der Waals surface area contributed by atoms with Gasteiger partial charge in [0, 0.05) is 0 Å². The number of hydrogen-bond donors (Lipinski definition) is 0. The van der Waals surface area contributed by atoms with Crippen LogP contribution in [0.4, 0.5) is 0 Å². The topological polar surface area (TPSA) is 27.7 Å². The van der Waals surface area contributed by atoms with E-state index in [9.17, 15) is 0 Å². The van der Waals surface area contributed by atoms with Crippen molar-refractivity contribution in [1.82, 2.24) is 0 Å². The van der Waals surface area contributed by atoms with Crippen molar-refractivity contribution in [3.63, 3.8) is 0 Å². The highest BCUT2D eigenvalue weighted by Crippen LogP contribution is 2.37. The molecule has 1 saturated heterocycles. The molecule has 3 rings (SSSR count). The Morgan fingerprint density at radius 3 is 2.14 bits per heavy atom. The van der Waals surface area contributed by atoms with Crippen molar-refractivity contribution in [2.24, 2.45) is 11.8 Å². The zero-order valence-corrected chi connectivity index (χ0v) is 14.4. The maximum absolute atomic E-state index is 6.06. The SMILES string of the molecule is CC(COc1ccc(B2OC(C)(C)C(C)(C)O2)cc1)C1CC1. The summed E-state index contributed by atoms with van der Waals surface area (Å²) in [5, 5.41) is 0. The largest absolute Gasteiger partial charge is 0.494 e. The maximum atomic E-state index is 6.06. The lowest BCUT2D eigenvalue weighted by Gasteiger charge is -2.32. The molecule has 0 aromatic heterocycles. The van der Waals surface area contributed by atoms with Gasteiger partial charge in [0.1, 0.15) is 5.75 Å². The van der Waals surface area contributed by atoms with Crippen molar-refractivity contribution in [3.8, 4) is 5.75 Å². The molecule has 1 aromatic rings. The van der Waals surface area contributed by atoms with Crippen LogP contribution >= 0.6 is 0 Å². The summed E-state index contributed by atoms with van der Waals surface area (Å²) in [6.45, 7) is 11.4. The molecule has 0 radical (unpaired) electrons. The van der Waals surface area contributed by atoms with Crippen molar-refractivity contribution in [1.29, 1.82) is 0 Å². The van der Waals surface area contributed by atoms with E-state index in [0.29, 0.717) is 5.92 Å². The Labute approximate surface area is 134 Å². The van der Waals surface area contributed by atoms with Gasteiger partial charge in [-0.2, -0.15) is 0 Å². The van der Waals surface area contributed by atoms with Gasteiger partial charge in [0.15, 0.2) is 0 Å². The summed E-state index contributed by atoms with van der Waals surface area (Å²) in [6, 6.07) is 8.11. The predicted molar refractivity (Wildman–Crippen MR) is 89.5 cm³/mol. The molecule has 22 heavy (non-hydrogen) atoms. The molecule has 4 heteroatoms. The Balaban J connectivity index is 1.60. The molecule has 1 saturated carbocycles. The molecular formula is C18H27BO3. The number of hydrogen-bond acceptors (Lipinski definition) is 3. The second-order valence-electron chi connectivity index (χ2n) is 7.78. The van der Waals surface area contributed by atoms with Gasteiger partial charge in [-0.1, -0.05) is 19.1 Å². The average Bonchev–Trinajstić information content (AvgIpc) is 3.25. The second-order valence-corrected chi connectivity index (χ2v) is 7.78. The van der Waals surface area contributed by atoms with Crippen molar-refractivity contribution < 1.29 is 14.0 Å². The minimum atomic E-state index is -0.301. The van der Waals surface area contributed by atoms with Gasteiger partial charge < -0.3 is 14.0 Å². The van der Waals surface area contributed by atoms with Crippen molar-refractivity contribution in [2.75, 3.05) is 6.61 Å². The van der Waals surface area contributed by atoms with Crippen LogP contribution in [0, 0.1) is 11.8 Å². The Morgan fingerprint density at radius 2 is 1.64 bits per heavy atom. The van der Waals surface area contributed by atoms with E-state index in [-0.39, 0.29) is 18.3 Å². The molecule has 0 spiro atoms. The fourth-order valence-electron chi connectivity index (χ4n) is 2.73. The Morgan fingerprint density at radius 1 is 1.09 bits per heavy atom. The molecule has 1 aliphatic heterocycles. The van der Waals surface area contributed by atoms with Crippen molar-refractivity contribution in [2.45, 2.75) is 58.7 Å².